The summed E-state index contributed by atoms with van der Waals surface area (Å²) in [6.07, 6.45) is 27.7. The molecule has 2 N–H and O–H groups in total. The average molecular weight is 592 g/mol. The summed E-state index contributed by atoms with van der Waals surface area (Å²) in [7, 11) is 0. The van der Waals surface area contributed by atoms with Crippen LogP contribution in [0.3, 0.4) is 0 Å². The first-order valence-corrected chi connectivity index (χ1v) is 17.9. The molecule has 3 aromatic carbocycles. The predicted octanol–water partition coefficient (Wildman–Crippen LogP) is 12.6. The van der Waals surface area contributed by atoms with Gasteiger partial charge in [-0.15, -0.1) is 0 Å². The van der Waals surface area contributed by atoms with Crippen molar-refractivity contribution in [2.24, 2.45) is 11.8 Å². The van der Waals surface area contributed by atoms with Gasteiger partial charge in [-0.3, -0.25) is 0 Å². The number of nitrogens with one attached hydrogen (secondary N) is 2. The monoisotopic (exact) mass is 591 g/mol. The summed E-state index contributed by atoms with van der Waals surface area (Å²) in [5.74, 6) is 1.39. The maximum absolute atomic E-state index is 3.78. The van der Waals surface area contributed by atoms with E-state index in [1.165, 1.54) is 118 Å². The van der Waals surface area contributed by atoms with Crippen LogP contribution in [-0.4, -0.2) is 6.04 Å². The second-order valence-corrected chi connectivity index (χ2v) is 13.3. The number of unbranched alkanes of at least 4 members (excludes halogenated alkanes) is 10. The molecule has 0 aliphatic heterocycles. The van der Waals surface area contributed by atoms with Gasteiger partial charge in [0.15, 0.2) is 0 Å². The lowest BCUT2D eigenvalue weighted by molar-refractivity contribution is 0.325. The zero-order valence-electron chi connectivity index (χ0n) is 28.0. The Hall–Kier alpha value is -3.00. The Balaban J connectivity index is 1.26. The molecule has 0 heterocycles. The zero-order chi connectivity index (χ0) is 30.8. The van der Waals surface area contributed by atoms with Gasteiger partial charge in [-0.1, -0.05) is 132 Å². The highest BCUT2D eigenvalue weighted by molar-refractivity contribution is 5.63. The van der Waals surface area contributed by atoms with Gasteiger partial charge in [0.1, 0.15) is 0 Å². The van der Waals surface area contributed by atoms with Crippen LogP contribution < -0.4 is 10.6 Å². The van der Waals surface area contributed by atoms with Crippen molar-refractivity contribution in [2.45, 2.75) is 123 Å². The molecule has 0 aromatic heterocycles. The number of anilines is 3. The van der Waals surface area contributed by atoms with Crippen LogP contribution in [0.15, 0.2) is 84.9 Å². The van der Waals surface area contributed by atoms with Crippen molar-refractivity contribution in [3.05, 3.63) is 108 Å². The molecule has 3 unspecified atom stereocenters. The Morgan fingerprint density at radius 3 is 1.98 bits per heavy atom. The number of rotatable bonds is 20. The van der Waals surface area contributed by atoms with Gasteiger partial charge in [-0.05, 0) is 105 Å². The Kier molecular flexibility index (Phi) is 14.9. The van der Waals surface area contributed by atoms with Crippen molar-refractivity contribution >= 4 is 17.1 Å². The minimum Gasteiger partial charge on any atom is -0.379 e. The van der Waals surface area contributed by atoms with Gasteiger partial charge in [-0.2, -0.15) is 0 Å². The van der Waals surface area contributed by atoms with E-state index in [0.717, 1.165) is 12.1 Å². The summed E-state index contributed by atoms with van der Waals surface area (Å²) in [5, 5.41) is 7.37. The fourth-order valence-electron chi connectivity index (χ4n) is 6.70. The highest BCUT2D eigenvalue weighted by atomic mass is 14.9. The van der Waals surface area contributed by atoms with Gasteiger partial charge in [0.2, 0.25) is 0 Å². The lowest BCUT2D eigenvalue weighted by atomic mass is 9.77. The SMILES string of the molecule is CCCCCCCCCCC[CH]CC(CCc1ccc(Nc2ccccc2C)cc1)C1C=CC(Nc2ccccc2C)CC1. The second-order valence-electron chi connectivity index (χ2n) is 13.3. The zero-order valence-corrected chi connectivity index (χ0v) is 28.0. The van der Waals surface area contributed by atoms with Crippen LogP contribution in [0, 0.1) is 32.1 Å². The van der Waals surface area contributed by atoms with Gasteiger partial charge in [0, 0.05) is 23.1 Å². The fraction of sp³-hybridized carbons (Fsp3) is 0.500. The fourth-order valence-corrected chi connectivity index (χ4v) is 6.70. The molecule has 44 heavy (non-hydrogen) atoms. The van der Waals surface area contributed by atoms with E-state index in [-0.39, 0.29) is 0 Å². The average Bonchev–Trinajstić information content (AvgIpc) is 3.04. The third-order valence-electron chi connectivity index (χ3n) is 9.66. The van der Waals surface area contributed by atoms with Crippen LogP contribution in [-0.2, 0) is 6.42 Å². The maximum atomic E-state index is 3.78. The summed E-state index contributed by atoms with van der Waals surface area (Å²) in [4.78, 5) is 0. The van der Waals surface area contributed by atoms with E-state index in [0.29, 0.717) is 17.9 Å². The highest BCUT2D eigenvalue weighted by Crippen LogP contribution is 2.33. The first-order valence-electron chi connectivity index (χ1n) is 17.9. The van der Waals surface area contributed by atoms with E-state index < -0.39 is 0 Å². The Morgan fingerprint density at radius 1 is 0.705 bits per heavy atom. The van der Waals surface area contributed by atoms with Gasteiger partial charge >= 0.3 is 0 Å². The summed E-state index contributed by atoms with van der Waals surface area (Å²) >= 11 is 0. The normalized spacial score (nSPS) is 17.0. The van der Waals surface area contributed by atoms with Crippen molar-refractivity contribution in [3.63, 3.8) is 0 Å². The third kappa shape index (κ3) is 11.8. The second kappa shape index (κ2) is 19.4. The van der Waals surface area contributed by atoms with Crippen LogP contribution >= 0.6 is 0 Å². The van der Waals surface area contributed by atoms with Crippen molar-refractivity contribution in [1.29, 1.82) is 0 Å². The highest BCUT2D eigenvalue weighted by Gasteiger charge is 2.24. The van der Waals surface area contributed by atoms with Crippen LogP contribution in [0.5, 0.6) is 0 Å². The van der Waals surface area contributed by atoms with Crippen molar-refractivity contribution in [3.8, 4) is 0 Å². The molecule has 2 nitrogen and oxygen atoms in total. The number of allylic oxidation sites excluding steroid dienone is 1. The molecule has 2 heteroatoms. The molecule has 1 aliphatic rings. The van der Waals surface area contributed by atoms with Crippen LogP contribution in [0.25, 0.3) is 0 Å². The Labute approximate surface area is 270 Å². The van der Waals surface area contributed by atoms with Gasteiger partial charge in [0.05, 0.1) is 0 Å². The number of benzene rings is 3. The Bertz CT molecular complexity index is 1230. The molecule has 1 aliphatic carbocycles. The van der Waals surface area contributed by atoms with Crippen LogP contribution in [0.1, 0.15) is 114 Å². The summed E-state index contributed by atoms with van der Waals surface area (Å²) < 4.78 is 0. The summed E-state index contributed by atoms with van der Waals surface area (Å²) in [6, 6.07) is 26.7. The smallest absolute Gasteiger partial charge is 0.0444 e. The molecular weight excluding hydrogens is 532 g/mol. The number of hydrogen-bond donors (Lipinski definition) is 2. The van der Waals surface area contributed by atoms with Crippen molar-refractivity contribution in [2.75, 3.05) is 10.6 Å². The summed E-state index contributed by atoms with van der Waals surface area (Å²) in [5.41, 5.74) is 7.66. The van der Waals surface area contributed by atoms with Crippen LogP contribution in [0.2, 0.25) is 0 Å². The first kappa shape index (κ1) is 33.9. The maximum Gasteiger partial charge on any atom is 0.0444 e. The van der Waals surface area contributed by atoms with E-state index in [4.69, 9.17) is 0 Å². The molecule has 0 saturated carbocycles. The number of para-hydroxylation sites is 2. The minimum absolute atomic E-state index is 0.437. The molecule has 3 atom stereocenters. The van der Waals surface area contributed by atoms with E-state index in [9.17, 15) is 0 Å². The lowest BCUT2D eigenvalue weighted by Crippen LogP contribution is -2.25. The number of aryl methyl sites for hydroxylation is 3. The van der Waals surface area contributed by atoms with Crippen molar-refractivity contribution < 1.29 is 0 Å². The molecule has 0 bridgehead atoms. The minimum atomic E-state index is 0.437. The standard InChI is InChI=1S/C42H59N2/c1-4-5-6-7-8-9-10-11-12-13-14-21-37(38-28-32-40(33-29-38)44-42-23-18-16-20-35(42)3)27-24-36-25-30-39(31-26-36)43-41-22-17-15-19-34(41)2/h14-20,22-23,25-26,28,30-32,37-38,40,43-44H,4-13,21,24,27,29,33H2,1-3H3. The first-order chi connectivity index (χ1) is 21.6. The van der Waals surface area contributed by atoms with E-state index in [2.05, 4.69) is 123 Å². The van der Waals surface area contributed by atoms with Gasteiger partial charge in [-0.25, -0.2) is 0 Å². The molecule has 0 spiro atoms. The molecular formula is C42H59N2. The molecule has 4 rings (SSSR count). The lowest BCUT2D eigenvalue weighted by Gasteiger charge is -2.31. The Morgan fingerprint density at radius 2 is 1.34 bits per heavy atom. The van der Waals surface area contributed by atoms with Gasteiger partial charge in [0.25, 0.3) is 0 Å². The molecule has 0 saturated heterocycles. The molecule has 0 fully saturated rings. The molecule has 1 radical (unpaired) electrons. The predicted molar refractivity (Wildman–Crippen MR) is 194 cm³/mol. The topological polar surface area (TPSA) is 24.1 Å². The van der Waals surface area contributed by atoms with Crippen LogP contribution in [0.4, 0.5) is 17.1 Å². The molecule has 237 valence electrons. The third-order valence-corrected chi connectivity index (χ3v) is 9.66. The van der Waals surface area contributed by atoms with Crippen molar-refractivity contribution in [1.82, 2.24) is 0 Å². The molecule has 3 aromatic rings. The van der Waals surface area contributed by atoms with E-state index in [1.54, 1.807) is 0 Å². The summed E-state index contributed by atoms with van der Waals surface area (Å²) in [6.45, 7) is 6.65. The largest absolute Gasteiger partial charge is 0.379 e. The van der Waals surface area contributed by atoms with E-state index >= 15 is 0 Å². The number of hydrogen-bond acceptors (Lipinski definition) is 2. The quantitative estimate of drug-likeness (QED) is 0.101. The van der Waals surface area contributed by atoms with Gasteiger partial charge < -0.3 is 10.6 Å². The van der Waals surface area contributed by atoms with E-state index in [1.807, 2.05) is 0 Å². The molecule has 0 amide bonds.